The van der Waals surface area contributed by atoms with Crippen LogP contribution in [0.3, 0.4) is 0 Å². The summed E-state index contributed by atoms with van der Waals surface area (Å²) in [6.07, 6.45) is 3.65. The fourth-order valence-electron chi connectivity index (χ4n) is 3.15. The van der Waals surface area contributed by atoms with Crippen LogP contribution in [-0.4, -0.2) is 11.1 Å². The van der Waals surface area contributed by atoms with Crippen molar-refractivity contribution in [3.63, 3.8) is 0 Å². The lowest BCUT2D eigenvalue weighted by Gasteiger charge is -2.14. The molecule has 0 aliphatic carbocycles. The first-order valence-corrected chi connectivity index (χ1v) is 9.45. The molecule has 0 radical (unpaired) electrons. The topological polar surface area (TPSA) is 55.1 Å². The van der Waals surface area contributed by atoms with Crippen molar-refractivity contribution in [3.05, 3.63) is 77.0 Å². The average molecular weight is 362 g/mol. The molecule has 1 N–H and O–H groups in total. The predicted octanol–water partition coefficient (Wildman–Crippen LogP) is 5.02. The molecular formula is C23H26N2O2. The van der Waals surface area contributed by atoms with Crippen molar-refractivity contribution in [2.45, 2.75) is 46.1 Å². The van der Waals surface area contributed by atoms with Crippen molar-refractivity contribution in [2.75, 3.05) is 0 Å². The molecule has 4 heteroatoms. The molecule has 0 spiro atoms. The summed E-state index contributed by atoms with van der Waals surface area (Å²) < 4.78 is 5.16. The molecule has 0 unspecified atom stereocenters. The van der Waals surface area contributed by atoms with E-state index in [0.29, 0.717) is 12.8 Å². The number of rotatable bonds is 7. The van der Waals surface area contributed by atoms with Gasteiger partial charge in [0.1, 0.15) is 12.0 Å². The number of amides is 1. The summed E-state index contributed by atoms with van der Waals surface area (Å²) in [6, 6.07) is 16.5. The Balaban J connectivity index is 1.59. The van der Waals surface area contributed by atoms with Crippen LogP contribution in [0.4, 0.5) is 0 Å². The molecule has 140 valence electrons. The first kappa shape index (κ1) is 18.9. The number of carbonyl (C=O) groups excluding carboxylic acids is 1. The second-order valence-corrected chi connectivity index (χ2v) is 6.94. The van der Waals surface area contributed by atoms with Crippen LogP contribution in [0.5, 0.6) is 0 Å². The minimum absolute atomic E-state index is 0.0119. The lowest BCUT2D eigenvalue weighted by molar-refractivity contribution is -0.121. The Bertz CT molecular complexity index is 897. The number of nitrogens with one attached hydrogen (secondary N) is 1. The van der Waals surface area contributed by atoms with Crippen LogP contribution in [0.25, 0.3) is 11.3 Å². The fraction of sp³-hybridized carbons (Fsp3) is 0.304. The van der Waals surface area contributed by atoms with Gasteiger partial charge in [-0.1, -0.05) is 60.1 Å². The first-order chi connectivity index (χ1) is 13.1. The molecule has 2 aromatic carbocycles. The van der Waals surface area contributed by atoms with Gasteiger partial charge in [0.05, 0.1) is 6.04 Å². The Morgan fingerprint density at radius 2 is 1.96 bits per heavy atom. The highest BCUT2D eigenvalue weighted by molar-refractivity contribution is 5.77. The van der Waals surface area contributed by atoms with E-state index < -0.39 is 0 Å². The average Bonchev–Trinajstić information content (AvgIpc) is 3.15. The first-order valence-electron chi connectivity index (χ1n) is 9.45. The Morgan fingerprint density at radius 3 is 2.67 bits per heavy atom. The maximum Gasteiger partial charge on any atom is 0.220 e. The summed E-state index contributed by atoms with van der Waals surface area (Å²) in [5.41, 5.74) is 6.37. The standard InChI is InChI=1S/C23H26N2O2/c1-4-18-8-10-19(11-9-18)17(3)24-22(26)13-12-21-15-27-25-23(21)20-7-5-6-16(2)14-20/h5-11,14-15,17H,4,12-13H2,1-3H3,(H,24,26)/t17-/m1/s1. The van der Waals surface area contributed by atoms with Crippen LogP contribution in [0.2, 0.25) is 0 Å². The highest BCUT2D eigenvalue weighted by Crippen LogP contribution is 2.24. The maximum absolute atomic E-state index is 12.4. The quantitative estimate of drug-likeness (QED) is 0.642. The minimum atomic E-state index is -0.0119. The van der Waals surface area contributed by atoms with Gasteiger partial charge in [-0.15, -0.1) is 0 Å². The van der Waals surface area contributed by atoms with Gasteiger partial charge in [-0.05, 0) is 43.9 Å². The monoisotopic (exact) mass is 362 g/mol. The summed E-state index contributed by atoms with van der Waals surface area (Å²) in [7, 11) is 0. The van der Waals surface area contributed by atoms with Gasteiger partial charge >= 0.3 is 0 Å². The van der Waals surface area contributed by atoms with Gasteiger partial charge in [-0.25, -0.2) is 0 Å². The van der Waals surface area contributed by atoms with Crippen LogP contribution in [0, 0.1) is 6.92 Å². The number of aromatic nitrogens is 1. The van der Waals surface area contributed by atoms with Gasteiger partial charge in [-0.2, -0.15) is 0 Å². The van der Waals surface area contributed by atoms with Crippen LogP contribution in [0.1, 0.15) is 48.6 Å². The number of hydrogen-bond donors (Lipinski definition) is 1. The summed E-state index contributed by atoms with van der Waals surface area (Å²) in [4.78, 5) is 12.4. The van der Waals surface area contributed by atoms with Gasteiger partial charge in [0.15, 0.2) is 0 Å². The highest BCUT2D eigenvalue weighted by Gasteiger charge is 2.14. The van der Waals surface area contributed by atoms with Crippen molar-refractivity contribution in [3.8, 4) is 11.3 Å². The highest BCUT2D eigenvalue weighted by atomic mass is 16.5. The van der Waals surface area contributed by atoms with Gasteiger partial charge in [0.25, 0.3) is 0 Å². The third-order valence-corrected chi connectivity index (χ3v) is 4.82. The van der Waals surface area contributed by atoms with Gasteiger partial charge in [-0.3, -0.25) is 4.79 Å². The number of hydrogen-bond acceptors (Lipinski definition) is 3. The molecule has 0 aliphatic heterocycles. The molecule has 0 aliphatic rings. The molecule has 1 heterocycles. The SMILES string of the molecule is CCc1ccc([C@@H](C)NC(=O)CCc2conc2-c2cccc(C)c2)cc1. The number of carbonyl (C=O) groups is 1. The van der Waals surface area contributed by atoms with Crippen LogP contribution in [0.15, 0.2) is 59.3 Å². The third-order valence-electron chi connectivity index (χ3n) is 4.82. The second kappa shape index (κ2) is 8.67. The van der Waals surface area contributed by atoms with E-state index >= 15 is 0 Å². The molecule has 0 saturated heterocycles. The van der Waals surface area contributed by atoms with Crippen molar-refractivity contribution in [1.29, 1.82) is 0 Å². The molecule has 3 aromatic rings. The van der Waals surface area contributed by atoms with Gasteiger partial charge in [0, 0.05) is 17.5 Å². The van der Waals surface area contributed by atoms with Crippen LogP contribution in [-0.2, 0) is 17.6 Å². The molecule has 4 nitrogen and oxygen atoms in total. The Kier molecular flexibility index (Phi) is 6.07. The number of nitrogens with zero attached hydrogens (tertiary/aromatic N) is 1. The second-order valence-electron chi connectivity index (χ2n) is 6.94. The number of aryl methyl sites for hydroxylation is 3. The Labute approximate surface area is 160 Å². The number of benzene rings is 2. The third kappa shape index (κ3) is 4.85. The fourth-order valence-corrected chi connectivity index (χ4v) is 3.15. The summed E-state index contributed by atoms with van der Waals surface area (Å²) in [5, 5.41) is 7.20. The molecule has 0 saturated carbocycles. The molecular weight excluding hydrogens is 336 g/mol. The molecule has 1 amide bonds. The van der Waals surface area contributed by atoms with E-state index in [4.69, 9.17) is 4.52 Å². The summed E-state index contributed by atoms with van der Waals surface area (Å²) in [5.74, 6) is 0.0264. The Hall–Kier alpha value is -2.88. The van der Waals surface area contributed by atoms with Crippen LogP contribution >= 0.6 is 0 Å². The van der Waals surface area contributed by atoms with E-state index in [1.54, 1.807) is 6.26 Å². The normalized spacial score (nSPS) is 12.0. The molecule has 0 fully saturated rings. The maximum atomic E-state index is 12.4. The van der Waals surface area contributed by atoms with E-state index in [0.717, 1.165) is 28.8 Å². The van der Waals surface area contributed by atoms with E-state index in [1.807, 2.05) is 32.0 Å². The zero-order valence-corrected chi connectivity index (χ0v) is 16.2. The molecule has 0 bridgehead atoms. The largest absolute Gasteiger partial charge is 0.364 e. The molecule has 1 atom stereocenters. The molecule has 27 heavy (non-hydrogen) atoms. The van der Waals surface area contributed by atoms with E-state index in [1.165, 1.54) is 11.1 Å². The Morgan fingerprint density at radius 1 is 1.19 bits per heavy atom. The van der Waals surface area contributed by atoms with Crippen molar-refractivity contribution >= 4 is 5.91 Å². The minimum Gasteiger partial charge on any atom is -0.364 e. The molecule has 1 aromatic heterocycles. The van der Waals surface area contributed by atoms with Crippen LogP contribution < -0.4 is 5.32 Å². The van der Waals surface area contributed by atoms with E-state index in [9.17, 15) is 4.79 Å². The van der Waals surface area contributed by atoms with E-state index in [2.05, 4.69) is 47.7 Å². The predicted molar refractivity (Wildman–Crippen MR) is 107 cm³/mol. The molecule has 3 rings (SSSR count). The van der Waals surface area contributed by atoms with Gasteiger partial charge in [0.2, 0.25) is 5.91 Å². The smallest absolute Gasteiger partial charge is 0.220 e. The van der Waals surface area contributed by atoms with Crippen molar-refractivity contribution in [1.82, 2.24) is 10.5 Å². The summed E-state index contributed by atoms with van der Waals surface area (Å²) >= 11 is 0. The van der Waals surface area contributed by atoms with Crippen molar-refractivity contribution in [2.24, 2.45) is 0 Å². The van der Waals surface area contributed by atoms with Gasteiger partial charge < -0.3 is 9.84 Å². The summed E-state index contributed by atoms with van der Waals surface area (Å²) in [6.45, 7) is 6.19. The van der Waals surface area contributed by atoms with E-state index in [-0.39, 0.29) is 11.9 Å². The van der Waals surface area contributed by atoms with Crippen molar-refractivity contribution < 1.29 is 9.32 Å². The zero-order valence-electron chi connectivity index (χ0n) is 16.2. The lowest BCUT2D eigenvalue weighted by Crippen LogP contribution is -2.26. The lowest BCUT2D eigenvalue weighted by atomic mass is 10.0. The zero-order chi connectivity index (χ0) is 19.2.